The third kappa shape index (κ3) is 5.02. The Bertz CT molecular complexity index is 338. The van der Waals surface area contributed by atoms with E-state index in [1.807, 2.05) is 0 Å². The second kappa shape index (κ2) is 5.21. The topological polar surface area (TPSA) is 32.3 Å². The Morgan fingerprint density at radius 2 is 2.06 bits per heavy atom. The van der Waals surface area contributed by atoms with E-state index in [2.05, 4.69) is 5.32 Å². The van der Waals surface area contributed by atoms with E-state index in [9.17, 15) is 13.2 Å². The molecule has 16 heavy (non-hydrogen) atoms. The van der Waals surface area contributed by atoms with Gasteiger partial charge in [-0.2, -0.15) is 13.2 Å². The molecule has 0 saturated heterocycles. The summed E-state index contributed by atoms with van der Waals surface area (Å²) >= 11 is 0. The van der Waals surface area contributed by atoms with Crippen LogP contribution >= 0.6 is 0 Å². The van der Waals surface area contributed by atoms with Crippen LogP contribution in [-0.4, -0.2) is 17.3 Å². The van der Waals surface area contributed by atoms with Crippen LogP contribution in [-0.2, 0) is 6.54 Å². The van der Waals surface area contributed by atoms with E-state index in [0.29, 0.717) is 6.54 Å². The van der Waals surface area contributed by atoms with Gasteiger partial charge in [0.2, 0.25) is 0 Å². The van der Waals surface area contributed by atoms with E-state index in [1.54, 1.807) is 12.1 Å². The molecule has 0 bridgehead atoms. The van der Waals surface area contributed by atoms with Crippen LogP contribution in [0.1, 0.15) is 18.9 Å². The maximum Gasteiger partial charge on any atom is 0.390 e. The Labute approximate surface area is 92.1 Å². The van der Waals surface area contributed by atoms with Gasteiger partial charge in [-0.05, 0) is 24.6 Å². The molecule has 1 aromatic carbocycles. The molecule has 90 valence electrons. The molecule has 0 heterocycles. The van der Waals surface area contributed by atoms with E-state index in [0.717, 1.165) is 5.56 Å². The second-order valence-corrected chi connectivity index (χ2v) is 3.77. The molecule has 1 unspecified atom stereocenters. The average molecular weight is 233 g/mol. The number of alkyl halides is 3. The van der Waals surface area contributed by atoms with Gasteiger partial charge in [0.25, 0.3) is 0 Å². The van der Waals surface area contributed by atoms with Gasteiger partial charge < -0.3 is 10.4 Å². The molecule has 0 spiro atoms. The third-order valence-electron chi connectivity index (χ3n) is 2.10. The predicted octanol–water partition coefficient (Wildman–Crippen LogP) is 2.82. The van der Waals surface area contributed by atoms with Crippen molar-refractivity contribution >= 4 is 0 Å². The molecule has 1 atom stereocenters. The van der Waals surface area contributed by atoms with Crippen LogP contribution in [0.3, 0.4) is 0 Å². The third-order valence-corrected chi connectivity index (χ3v) is 2.10. The quantitative estimate of drug-likeness (QED) is 0.838. The minimum absolute atomic E-state index is 0.114. The van der Waals surface area contributed by atoms with Crippen molar-refractivity contribution in [3.8, 4) is 5.75 Å². The van der Waals surface area contributed by atoms with E-state index in [1.165, 1.54) is 19.1 Å². The van der Waals surface area contributed by atoms with Crippen molar-refractivity contribution in [2.24, 2.45) is 0 Å². The Kier molecular flexibility index (Phi) is 4.18. The summed E-state index contributed by atoms with van der Waals surface area (Å²) in [7, 11) is 0. The first-order valence-corrected chi connectivity index (χ1v) is 4.95. The monoisotopic (exact) mass is 233 g/mol. The molecule has 2 nitrogen and oxygen atoms in total. The van der Waals surface area contributed by atoms with Crippen LogP contribution < -0.4 is 5.32 Å². The zero-order valence-electron chi connectivity index (χ0n) is 8.88. The van der Waals surface area contributed by atoms with Crippen LogP contribution in [0.15, 0.2) is 24.3 Å². The molecule has 0 aliphatic heterocycles. The summed E-state index contributed by atoms with van der Waals surface area (Å²) in [6, 6.07) is 5.80. The molecule has 5 heteroatoms. The van der Waals surface area contributed by atoms with Gasteiger partial charge in [-0.25, -0.2) is 0 Å². The summed E-state index contributed by atoms with van der Waals surface area (Å²) in [5.74, 6) is 0.114. The Morgan fingerprint density at radius 3 is 2.62 bits per heavy atom. The first-order chi connectivity index (χ1) is 7.37. The minimum Gasteiger partial charge on any atom is -0.508 e. The Balaban J connectivity index is 2.40. The Morgan fingerprint density at radius 1 is 1.38 bits per heavy atom. The highest BCUT2D eigenvalue weighted by atomic mass is 19.4. The van der Waals surface area contributed by atoms with E-state index in [4.69, 9.17) is 5.11 Å². The molecule has 0 aliphatic rings. The van der Waals surface area contributed by atoms with Crippen LogP contribution in [0.25, 0.3) is 0 Å². The molecule has 0 aromatic heterocycles. The van der Waals surface area contributed by atoms with Crippen LogP contribution in [0.2, 0.25) is 0 Å². The van der Waals surface area contributed by atoms with Crippen molar-refractivity contribution in [1.82, 2.24) is 5.32 Å². The van der Waals surface area contributed by atoms with E-state index in [-0.39, 0.29) is 5.75 Å². The lowest BCUT2D eigenvalue weighted by Gasteiger charge is -2.15. The van der Waals surface area contributed by atoms with Gasteiger partial charge in [0.1, 0.15) is 5.75 Å². The molecule has 0 fully saturated rings. The summed E-state index contributed by atoms with van der Waals surface area (Å²) in [4.78, 5) is 0. The number of hydrogen-bond donors (Lipinski definition) is 2. The number of hydrogen-bond acceptors (Lipinski definition) is 2. The SMILES string of the molecule is CC(CC(F)(F)F)NCc1cccc(O)c1. The van der Waals surface area contributed by atoms with Crippen molar-refractivity contribution < 1.29 is 18.3 Å². The number of phenolic OH excluding ortho intramolecular Hbond substituents is 1. The fraction of sp³-hybridized carbons (Fsp3) is 0.455. The lowest BCUT2D eigenvalue weighted by molar-refractivity contribution is -0.139. The molecule has 2 N–H and O–H groups in total. The van der Waals surface area contributed by atoms with Gasteiger partial charge in [0, 0.05) is 12.6 Å². The van der Waals surface area contributed by atoms with Crippen LogP contribution in [0, 0.1) is 0 Å². The molecule has 1 rings (SSSR count). The molecular weight excluding hydrogens is 219 g/mol. The smallest absolute Gasteiger partial charge is 0.390 e. The molecule has 0 aliphatic carbocycles. The number of halogens is 3. The van der Waals surface area contributed by atoms with E-state index < -0.39 is 18.6 Å². The van der Waals surface area contributed by atoms with Crippen molar-refractivity contribution in [1.29, 1.82) is 0 Å². The molecule has 1 aromatic rings. The van der Waals surface area contributed by atoms with Crippen LogP contribution in [0.5, 0.6) is 5.75 Å². The highest BCUT2D eigenvalue weighted by Crippen LogP contribution is 2.21. The molecular formula is C11H14F3NO. The first-order valence-electron chi connectivity index (χ1n) is 4.95. The van der Waals surface area contributed by atoms with Gasteiger partial charge in [0.05, 0.1) is 6.42 Å². The summed E-state index contributed by atoms with van der Waals surface area (Å²) < 4.78 is 36.0. The summed E-state index contributed by atoms with van der Waals surface area (Å²) in [6.45, 7) is 1.79. The van der Waals surface area contributed by atoms with Gasteiger partial charge in [-0.15, -0.1) is 0 Å². The summed E-state index contributed by atoms with van der Waals surface area (Å²) in [5, 5.41) is 11.9. The summed E-state index contributed by atoms with van der Waals surface area (Å²) in [5.41, 5.74) is 0.758. The maximum absolute atomic E-state index is 12.0. The minimum atomic E-state index is -4.15. The highest BCUT2D eigenvalue weighted by molar-refractivity contribution is 5.26. The largest absolute Gasteiger partial charge is 0.508 e. The molecule has 0 radical (unpaired) electrons. The predicted molar refractivity (Wildman–Crippen MR) is 55.1 cm³/mol. The Hall–Kier alpha value is -1.23. The fourth-order valence-corrected chi connectivity index (χ4v) is 1.38. The van der Waals surface area contributed by atoms with Gasteiger partial charge >= 0.3 is 6.18 Å². The lowest BCUT2D eigenvalue weighted by Crippen LogP contribution is -2.30. The zero-order valence-corrected chi connectivity index (χ0v) is 8.88. The van der Waals surface area contributed by atoms with Gasteiger partial charge in [-0.1, -0.05) is 12.1 Å². The van der Waals surface area contributed by atoms with Crippen molar-refractivity contribution in [3.63, 3.8) is 0 Å². The first kappa shape index (κ1) is 12.8. The van der Waals surface area contributed by atoms with Gasteiger partial charge in [-0.3, -0.25) is 0 Å². The number of aromatic hydroxyl groups is 1. The standard InChI is InChI=1S/C11H14F3NO/c1-8(6-11(12,13)14)15-7-9-3-2-4-10(16)5-9/h2-5,8,15-16H,6-7H2,1H3. The number of rotatable bonds is 4. The number of nitrogens with one attached hydrogen (secondary N) is 1. The van der Waals surface area contributed by atoms with Crippen molar-refractivity contribution in [2.45, 2.75) is 32.1 Å². The fourth-order valence-electron chi connectivity index (χ4n) is 1.38. The zero-order chi connectivity index (χ0) is 12.2. The lowest BCUT2D eigenvalue weighted by atomic mass is 10.2. The molecule has 0 amide bonds. The van der Waals surface area contributed by atoms with Crippen LogP contribution in [0.4, 0.5) is 13.2 Å². The van der Waals surface area contributed by atoms with Crippen molar-refractivity contribution in [3.05, 3.63) is 29.8 Å². The average Bonchev–Trinajstić information content (AvgIpc) is 2.12. The number of phenols is 1. The van der Waals surface area contributed by atoms with Gasteiger partial charge in [0.15, 0.2) is 0 Å². The number of benzene rings is 1. The second-order valence-electron chi connectivity index (χ2n) is 3.77. The summed E-state index contributed by atoms with van der Waals surface area (Å²) in [6.07, 6.45) is -5.00. The van der Waals surface area contributed by atoms with Crippen molar-refractivity contribution in [2.75, 3.05) is 0 Å². The molecule has 0 saturated carbocycles. The normalized spacial score (nSPS) is 13.8. The maximum atomic E-state index is 12.0. The van der Waals surface area contributed by atoms with E-state index >= 15 is 0 Å². The highest BCUT2D eigenvalue weighted by Gasteiger charge is 2.29.